The molecule has 0 aliphatic carbocycles. The summed E-state index contributed by atoms with van der Waals surface area (Å²) < 4.78 is 10.8. The molecule has 21 heavy (non-hydrogen) atoms. The molecule has 0 aromatic heterocycles. The first-order valence-electron chi connectivity index (χ1n) is 7.53. The Morgan fingerprint density at radius 3 is 2.86 bits per heavy atom. The van der Waals surface area contributed by atoms with E-state index in [0.29, 0.717) is 45.9 Å². The molecular formula is C16H24N2O3. The van der Waals surface area contributed by atoms with E-state index in [2.05, 4.69) is 0 Å². The van der Waals surface area contributed by atoms with Crippen molar-refractivity contribution in [3.8, 4) is 5.75 Å². The minimum Gasteiger partial charge on any atom is -0.494 e. The van der Waals surface area contributed by atoms with Crippen LogP contribution in [0.3, 0.4) is 0 Å². The molecule has 0 radical (unpaired) electrons. The third kappa shape index (κ3) is 4.44. The Kier molecular flexibility index (Phi) is 6.02. The highest BCUT2D eigenvalue weighted by atomic mass is 16.5. The van der Waals surface area contributed by atoms with Crippen molar-refractivity contribution in [3.63, 3.8) is 0 Å². The molecule has 0 spiro atoms. The van der Waals surface area contributed by atoms with Crippen molar-refractivity contribution >= 4 is 5.91 Å². The lowest BCUT2D eigenvalue weighted by atomic mass is 9.97. The lowest BCUT2D eigenvalue weighted by Crippen LogP contribution is -2.45. The molecule has 1 unspecified atom stereocenters. The second-order valence-corrected chi connectivity index (χ2v) is 5.15. The zero-order valence-corrected chi connectivity index (χ0v) is 12.6. The van der Waals surface area contributed by atoms with Crippen LogP contribution < -0.4 is 10.5 Å². The highest BCUT2D eigenvalue weighted by Gasteiger charge is 2.25. The minimum atomic E-state index is -0.181. The third-order valence-electron chi connectivity index (χ3n) is 3.65. The Morgan fingerprint density at radius 1 is 1.43 bits per heavy atom. The van der Waals surface area contributed by atoms with Crippen LogP contribution in [0.2, 0.25) is 0 Å². The largest absolute Gasteiger partial charge is 0.494 e. The van der Waals surface area contributed by atoms with Crippen molar-refractivity contribution in [1.29, 1.82) is 0 Å². The smallest absolute Gasteiger partial charge is 0.227 e. The summed E-state index contributed by atoms with van der Waals surface area (Å²) in [5, 5.41) is 0. The third-order valence-corrected chi connectivity index (χ3v) is 3.65. The van der Waals surface area contributed by atoms with Gasteiger partial charge in [0.05, 0.1) is 25.7 Å². The topological polar surface area (TPSA) is 64.8 Å². The maximum atomic E-state index is 12.5. The van der Waals surface area contributed by atoms with Gasteiger partial charge in [-0.2, -0.15) is 0 Å². The van der Waals surface area contributed by atoms with E-state index in [1.165, 1.54) is 0 Å². The molecular weight excluding hydrogens is 268 g/mol. The fraction of sp³-hybridized carbons (Fsp3) is 0.562. The molecule has 2 rings (SSSR count). The van der Waals surface area contributed by atoms with E-state index < -0.39 is 0 Å². The number of hydrogen-bond donors (Lipinski definition) is 1. The van der Waals surface area contributed by atoms with Crippen LogP contribution in [0.4, 0.5) is 0 Å². The number of nitrogens with two attached hydrogens (primary N) is 1. The second-order valence-electron chi connectivity index (χ2n) is 5.15. The number of morpholine rings is 1. The van der Waals surface area contributed by atoms with Crippen molar-refractivity contribution < 1.29 is 14.3 Å². The van der Waals surface area contributed by atoms with Gasteiger partial charge in [-0.15, -0.1) is 0 Å². The first-order valence-corrected chi connectivity index (χ1v) is 7.53. The van der Waals surface area contributed by atoms with E-state index >= 15 is 0 Å². The van der Waals surface area contributed by atoms with Crippen LogP contribution in [0, 0.1) is 5.92 Å². The molecule has 1 amide bonds. The zero-order valence-electron chi connectivity index (χ0n) is 12.6. The first kappa shape index (κ1) is 15.8. The van der Waals surface area contributed by atoms with Crippen LogP contribution >= 0.6 is 0 Å². The first-order chi connectivity index (χ1) is 10.2. The lowest BCUT2D eigenvalue weighted by molar-refractivity contribution is -0.139. The Balaban J connectivity index is 2.00. The SMILES string of the molecule is CCOc1cccc(CC(CN)C(=O)N2CCOCC2)c1. The molecule has 5 heteroatoms. The number of carbonyl (C=O) groups excluding carboxylic acids is 1. The number of hydrogen-bond acceptors (Lipinski definition) is 4. The number of amides is 1. The minimum absolute atomic E-state index is 0.127. The maximum Gasteiger partial charge on any atom is 0.227 e. The molecule has 1 heterocycles. The summed E-state index contributed by atoms with van der Waals surface area (Å²) in [7, 11) is 0. The number of rotatable bonds is 6. The van der Waals surface area contributed by atoms with E-state index in [1.807, 2.05) is 36.1 Å². The van der Waals surface area contributed by atoms with Gasteiger partial charge in [-0.1, -0.05) is 12.1 Å². The van der Waals surface area contributed by atoms with Crippen molar-refractivity contribution in [2.24, 2.45) is 11.7 Å². The quantitative estimate of drug-likeness (QED) is 0.851. The van der Waals surface area contributed by atoms with Crippen LogP contribution in [0.1, 0.15) is 12.5 Å². The van der Waals surface area contributed by atoms with E-state index in [0.717, 1.165) is 11.3 Å². The molecule has 1 atom stereocenters. The average molecular weight is 292 g/mol. The molecule has 1 aliphatic rings. The highest BCUT2D eigenvalue weighted by Crippen LogP contribution is 2.18. The number of nitrogens with zero attached hydrogens (tertiary/aromatic N) is 1. The number of ether oxygens (including phenoxy) is 2. The molecule has 1 aromatic rings. The summed E-state index contributed by atoms with van der Waals surface area (Å²) in [6.07, 6.45) is 0.646. The normalized spacial score (nSPS) is 16.6. The van der Waals surface area contributed by atoms with E-state index in [4.69, 9.17) is 15.2 Å². The summed E-state index contributed by atoms with van der Waals surface area (Å²) in [5.41, 5.74) is 6.90. The van der Waals surface area contributed by atoms with Crippen LogP contribution in [0.25, 0.3) is 0 Å². The van der Waals surface area contributed by atoms with E-state index in [-0.39, 0.29) is 11.8 Å². The zero-order chi connectivity index (χ0) is 15.1. The van der Waals surface area contributed by atoms with Gasteiger partial charge in [0.1, 0.15) is 5.75 Å². The maximum absolute atomic E-state index is 12.5. The van der Waals surface area contributed by atoms with Crippen LogP contribution in [0.15, 0.2) is 24.3 Å². The molecule has 1 aromatic carbocycles. The van der Waals surface area contributed by atoms with Gasteiger partial charge in [-0.3, -0.25) is 4.79 Å². The van der Waals surface area contributed by atoms with Gasteiger partial charge in [-0.25, -0.2) is 0 Å². The molecule has 0 bridgehead atoms. The van der Waals surface area contributed by atoms with Crippen molar-refractivity contribution in [1.82, 2.24) is 4.90 Å². The number of carbonyl (C=O) groups is 1. The summed E-state index contributed by atoms with van der Waals surface area (Å²) in [5.74, 6) is 0.784. The Hall–Kier alpha value is -1.59. The predicted octanol–water partition coefficient (Wildman–Crippen LogP) is 1.06. The Labute approximate surface area is 126 Å². The molecule has 5 nitrogen and oxygen atoms in total. The molecule has 0 saturated carbocycles. The summed E-state index contributed by atoms with van der Waals surface area (Å²) in [4.78, 5) is 14.4. The predicted molar refractivity (Wildman–Crippen MR) is 81.3 cm³/mol. The molecule has 2 N–H and O–H groups in total. The number of benzene rings is 1. The highest BCUT2D eigenvalue weighted by molar-refractivity contribution is 5.79. The van der Waals surface area contributed by atoms with E-state index in [9.17, 15) is 4.79 Å². The molecule has 1 saturated heterocycles. The summed E-state index contributed by atoms with van der Waals surface area (Å²) in [6, 6.07) is 7.87. The van der Waals surface area contributed by atoms with Crippen molar-refractivity contribution in [2.75, 3.05) is 39.5 Å². The van der Waals surface area contributed by atoms with Gasteiger partial charge in [-0.05, 0) is 31.0 Å². The summed E-state index contributed by atoms with van der Waals surface area (Å²) >= 11 is 0. The van der Waals surface area contributed by atoms with Gasteiger partial charge in [0.2, 0.25) is 5.91 Å². The second kappa shape index (κ2) is 8.00. The standard InChI is InChI=1S/C16H24N2O3/c1-2-21-15-5-3-4-13(11-15)10-14(12-17)16(19)18-6-8-20-9-7-18/h3-5,11,14H,2,6-10,12,17H2,1H3. The molecule has 1 aliphatic heterocycles. The lowest BCUT2D eigenvalue weighted by Gasteiger charge is -2.30. The van der Waals surface area contributed by atoms with E-state index in [1.54, 1.807) is 0 Å². The van der Waals surface area contributed by atoms with Gasteiger partial charge < -0.3 is 20.1 Å². The Morgan fingerprint density at radius 2 is 2.19 bits per heavy atom. The van der Waals surface area contributed by atoms with Crippen LogP contribution in [0.5, 0.6) is 5.75 Å². The summed E-state index contributed by atoms with van der Waals surface area (Å²) in [6.45, 7) is 5.50. The fourth-order valence-electron chi connectivity index (χ4n) is 2.53. The van der Waals surface area contributed by atoms with Crippen molar-refractivity contribution in [3.05, 3.63) is 29.8 Å². The average Bonchev–Trinajstić information content (AvgIpc) is 2.53. The van der Waals surface area contributed by atoms with Crippen LogP contribution in [-0.4, -0.2) is 50.3 Å². The Bertz CT molecular complexity index is 459. The van der Waals surface area contributed by atoms with Gasteiger partial charge in [0.25, 0.3) is 0 Å². The monoisotopic (exact) mass is 292 g/mol. The molecule has 116 valence electrons. The van der Waals surface area contributed by atoms with Crippen LogP contribution in [-0.2, 0) is 16.0 Å². The van der Waals surface area contributed by atoms with Crippen molar-refractivity contribution in [2.45, 2.75) is 13.3 Å². The molecule has 1 fully saturated rings. The van der Waals surface area contributed by atoms with Gasteiger partial charge >= 0.3 is 0 Å². The van der Waals surface area contributed by atoms with Gasteiger partial charge in [0, 0.05) is 19.6 Å². The van der Waals surface area contributed by atoms with Gasteiger partial charge in [0.15, 0.2) is 0 Å². The fourth-order valence-corrected chi connectivity index (χ4v) is 2.53.